The normalized spacial score (nSPS) is 26.1. The maximum absolute atomic E-state index is 14.2. The average Bonchev–Trinajstić information content (AvgIpc) is 2.42. The molecule has 0 bridgehead atoms. The van der Waals surface area contributed by atoms with Crippen LogP contribution in [0.4, 0.5) is 8.78 Å². The van der Waals surface area contributed by atoms with Crippen molar-refractivity contribution < 1.29 is 8.78 Å². The number of nitrogens with zero attached hydrogens (tertiary/aromatic N) is 2. The Hall–Kier alpha value is -1.47. The van der Waals surface area contributed by atoms with Gasteiger partial charge in [-0.25, -0.2) is 8.78 Å². The van der Waals surface area contributed by atoms with Crippen molar-refractivity contribution in [2.75, 3.05) is 13.1 Å². The first kappa shape index (κ1) is 14.9. The molecule has 20 heavy (non-hydrogen) atoms. The van der Waals surface area contributed by atoms with Crippen LogP contribution >= 0.6 is 0 Å². The smallest absolute Gasteiger partial charge is 0.255 e. The zero-order valence-corrected chi connectivity index (χ0v) is 11.7. The number of alkyl halides is 2. The van der Waals surface area contributed by atoms with E-state index in [9.17, 15) is 8.78 Å². The third-order valence-electron chi connectivity index (χ3n) is 4.07. The van der Waals surface area contributed by atoms with Crippen molar-refractivity contribution in [1.82, 2.24) is 4.90 Å². The molecule has 0 aromatic heterocycles. The van der Waals surface area contributed by atoms with Gasteiger partial charge in [-0.1, -0.05) is 37.3 Å². The molecule has 0 aliphatic carbocycles. The van der Waals surface area contributed by atoms with Crippen LogP contribution in [0.1, 0.15) is 25.3 Å². The molecule has 0 radical (unpaired) electrons. The van der Waals surface area contributed by atoms with E-state index in [-0.39, 0.29) is 12.8 Å². The van der Waals surface area contributed by atoms with Crippen LogP contribution in [-0.4, -0.2) is 23.9 Å². The van der Waals surface area contributed by atoms with Gasteiger partial charge in [-0.3, -0.25) is 4.90 Å². The highest BCUT2D eigenvalue weighted by molar-refractivity contribution is 5.14. The monoisotopic (exact) mass is 278 g/mol. The zero-order valence-electron chi connectivity index (χ0n) is 11.7. The van der Waals surface area contributed by atoms with Gasteiger partial charge in [-0.05, 0) is 12.0 Å². The summed E-state index contributed by atoms with van der Waals surface area (Å²) in [5, 5.41) is 8.63. The van der Waals surface area contributed by atoms with E-state index in [4.69, 9.17) is 5.26 Å². The average molecular weight is 278 g/mol. The fraction of sp³-hybridized carbons (Fsp3) is 0.562. The van der Waals surface area contributed by atoms with E-state index < -0.39 is 17.8 Å². The van der Waals surface area contributed by atoms with E-state index in [1.54, 1.807) is 6.92 Å². The van der Waals surface area contributed by atoms with Crippen LogP contribution < -0.4 is 0 Å². The first-order valence-electron chi connectivity index (χ1n) is 7.05. The van der Waals surface area contributed by atoms with Gasteiger partial charge < -0.3 is 0 Å². The van der Waals surface area contributed by atoms with Crippen molar-refractivity contribution >= 4 is 0 Å². The Kier molecular flexibility index (Phi) is 4.72. The van der Waals surface area contributed by atoms with Crippen LogP contribution in [0.2, 0.25) is 0 Å². The summed E-state index contributed by atoms with van der Waals surface area (Å²) >= 11 is 0. The molecule has 0 amide bonds. The molecular formula is C16H20F2N2. The van der Waals surface area contributed by atoms with Crippen LogP contribution in [0.3, 0.4) is 0 Å². The van der Waals surface area contributed by atoms with E-state index in [1.807, 2.05) is 36.4 Å². The first-order chi connectivity index (χ1) is 9.54. The number of benzene rings is 1. The molecule has 0 saturated carbocycles. The number of likely N-dealkylation sites (tertiary alicyclic amines) is 1. The van der Waals surface area contributed by atoms with Gasteiger partial charge in [-0.2, -0.15) is 5.26 Å². The van der Waals surface area contributed by atoms with Crippen molar-refractivity contribution in [3.63, 3.8) is 0 Å². The molecule has 0 spiro atoms. The molecule has 1 saturated heterocycles. The predicted molar refractivity (Wildman–Crippen MR) is 74.2 cm³/mol. The summed E-state index contributed by atoms with van der Waals surface area (Å²) in [6.45, 7) is 3.08. The molecule has 2 unspecified atom stereocenters. The van der Waals surface area contributed by atoms with E-state index in [0.717, 1.165) is 5.56 Å². The largest absolute Gasteiger partial charge is 0.298 e. The summed E-state index contributed by atoms with van der Waals surface area (Å²) in [7, 11) is 0. The number of hydrogen-bond acceptors (Lipinski definition) is 2. The Balaban J connectivity index is 2.04. The van der Waals surface area contributed by atoms with E-state index in [0.29, 0.717) is 19.6 Å². The summed E-state index contributed by atoms with van der Waals surface area (Å²) in [4.78, 5) is 2.08. The summed E-state index contributed by atoms with van der Waals surface area (Å²) in [5.41, 5.74) is 1.14. The molecule has 2 nitrogen and oxygen atoms in total. The highest BCUT2D eigenvalue weighted by atomic mass is 19.3. The Morgan fingerprint density at radius 1 is 1.30 bits per heavy atom. The topological polar surface area (TPSA) is 27.0 Å². The van der Waals surface area contributed by atoms with Crippen LogP contribution in [0.25, 0.3) is 0 Å². The standard InChI is InChI=1S/C16H20F2N2/c1-13-10-20(11-14-6-3-2-4-7-14)12-15(8-5-9-19)16(13,17)18/h2-4,6-7,13,15H,5,8,10-12H2,1H3. The summed E-state index contributed by atoms with van der Waals surface area (Å²) in [6, 6.07) is 11.9. The Morgan fingerprint density at radius 2 is 2.00 bits per heavy atom. The predicted octanol–water partition coefficient (Wildman–Crippen LogP) is 3.69. The van der Waals surface area contributed by atoms with Crippen LogP contribution in [0.15, 0.2) is 30.3 Å². The molecule has 2 atom stereocenters. The minimum Gasteiger partial charge on any atom is -0.298 e. The van der Waals surface area contributed by atoms with Gasteiger partial charge in [0.2, 0.25) is 0 Å². The van der Waals surface area contributed by atoms with Crippen molar-refractivity contribution in [2.24, 2.45) is 11.8 Å². The first-order valence-corrected chi connectivity index (χ1v) is 7.05. The van der Waals surface area contributed by atoms with Crippen LogP contribution in [0, 0.1) is 23.2 Å². The fourth-order valence-electron chi connectivity index (χ4n) is 2.91. The number of hydrogen-bond donors (Lipinski definition) is 0. The Labute approximate surface area is 119 Å². The lowest BCUT2D eigenvalue weighted by atomic mass is 9.83. The number of rotatable bonds is 4. The second-order valence-corrected chi connectivity index (χ2v) is 5.65. The highest BCUT2D eigenvalue weighted by Crippen LogP contribution is 2.40. The van der Waals surface area contributed by atoms with Gasteiger partial charge in [0, 0.05) is 37.9 Å². The van der Waals surface area contributed by atoms with Crippen LogP contribution in [-0.2, 0) is 6.54 Å². The molecule has 1 aliphatic heterocycles. The second kappa shape index (κ2) is 6.32. The Morgan fingerprint density at radius 3 is 2.65 bits per heavy atom. The Bertz CT molecular complexity index is 467. The van der Waals surface area contributed by atoms with Gasteiger partial charge in [0.05, 0.1) is 6.07 Å². The molecule has 1 aromatic carbocycles. The van der Waals surface area contributed by atoms with Crippen molar-refractivity contribution in [3.8, 4) is 6.07 Å². The summed E-state index contributed by atoms with van der Waals surface area (Å²) in [6.07, 6.45) is 0.477. The van der Waals surface area contributed by atoms with E-state index >= 15 is 0 Å². The minimum absolute atomic E-state index is 0.201. The summed E-state index contributed by atoms with van der Waals surface area (Å²) < 4.78 is 28.3. The molecule has 4 heteroatoms. The second-order valence-electron chi connectivity index (χ2n) is 5.65. The number of halogens is 2. The minimum atomic E-state index is -2.66. The third-order valence-corrected chi connectivity index (χ3v) is 4.07. The zero-order chi connectivity index (χ0) is 14.6. The maximum Gasteiger partial charge on any atom is 0.255 e. The number of piperidine rings is 1. The van der Waals surface area contributed by atoms with Crippen molar-refractivity contribution in [3.05, 3.63) is 35.9 Å². The molecule has 1 aliphatic rings. The molecule has 0 N–H and O–H groups in total. The van der Waals surface area contributed by atoms with Crippen LogP contribution in [0.5, 0.6) is 0 Å². The van der Waals surface area contributed by atoms with Gasteiger partial charge in [0.1, 0.15) is 0 Å². The SMILES string of the molecule is CC1CN(Cc2ccccc2)CC(CCC#N)C1(F)F. The quantitative estimate of drug-likeness (QED) is 0.839. The van der Waals surface area contributed by atoms with Gasteiger partial charge in [-0.15, -0.1) is 0 Å². The lowest BCUT2D eigenvalue weighted by Gasteiger charge is -2.42. The maximum atomic E-state index is 14.2. The van der Waals surface area contributed by atoms with Gasteiger partial charge >= 0.3 is 0 Å². The summed E-state index contributed by atoms with van der Waals surface area (Å²) in [5.74, 6) is -4.04. The van der Waals surface area contributed by atoms with E-state index in [1.165, 1.54) is 0 Å². The van der Waals surface area contributed by atoms with Crippen molar-refractivity contribution in [1.29, 1.82) is 5.26 Å². The lowest BCUT2D eigenvalue weighted by Crippen LogP contribution is -2.52. The number of nitriles is 1. The molecule has 1 fully saturated rings. The van der Waals surface area contributed by atoms with Gasteiger partial charge in [0.15, 0.2) is 0 Å². The lowest BCUT2D eigenvalue weighted by molar-refractivity contribution is -0.148. The van der Waals surface area contributed by atoms with Crippen molar-refractivity contribution in [2.45, 2.75) is 32.2 Å². The van der Waals surface area contributed by atoms with Gasteiger partial charge in [0.25, 0.3) is 5.92 Å². The highest BCUT2D eigenvalue weighted by Gasteiger charge is 2.48. The molecule has 1 heterocycles. The fourth-order valence-corrected chi connectivity index (χ4v) is 2.91. The molecule has 108 valence electrons. The van der Waals surface area contributed by atoms with E-state index in [2.05, 4.69) is 4.90 Å². The molecule has 1 aromatic rings. The molecule has 2 rings (SSSR count). The molecular weight excluding hydrogens is 258 g/mol. The third kappa shape index (κ3) is 3.34.